The van der Waals surface area contributed by atoms with Crippen LogP contribution in [0.4, 0.5) is 0 Å². The Morgan fingerprint density at radius 1 is 1.53 bits per heavy atom. The SMILES string of the molecule is CC(C)Oc1ccc(C(=O)NCCCO)cn1. The smallest absolute Gasteiger partial charge is 0.252 e. The fourth-order valence-electron chi connectivity index (χ4n) is 1.21. The van der Waals surface area contributed by atoms with E-state index in [-0.39, 0.29) is 18.6 Å². The molecule has 17 heavy (non-hydrogen) atoms. The molecule has 1 amide bonds. The molecular formula is C12H18N2O3. The van der Waals surface area contributed by atoms with Gasteiger partial charge in [0.05, 0.1) is 11.7 Å². The maximum absolute atomic E-state index is 11.6. The summed E-state index contributed by atoms with van der Waals surface area (Å²) in [4.78, 5) is 15.6. The van der Waals surface area contributed by atoms with Gasteiger partial charge in [-0.3, -0.25) is 4.79 Å². The first-order chi connectivity index (χ1) is 8.13. The van der Waals surface area contributed by atoms with Crippen LogP contribution < -0.4 is 10.1 Å². The van der Waals surface area contributed by atoms with Gasteiger partial charge in [-0.1, -0.05) is 0 Å². The normalized spacial score (nSPS) is 10.4. The van der Waals surface area contributed by atoms with Crippen LogP contribution in [0.2, 0.25) is 0 Å². The number of carbonyl (C=O) groups is 1. The molecule has 0 saturated heterocycles. The van der Waals surface area contributed by atoms with Crippen LogP contribution in [0.25, 0.3) is 0 Å². The Labute approximate surface area is 101 Å². The van der Waals surface area contributed by atoms with Gasteiger partial charge in [0.15, 0.2) is 0 Å². The van der Waals surface area contributed by atoms with Gasteiger partial charge in [0.1, 0.15) is 0 Å². The number of pyridine rings is 1. The number of aliphatic hydroxyl groups is 1. The molecule has 2 N–H and O–H groups in total. The number of amides is 1. The number of aromatic nitrogens is 1. The van der Waals surface area contributed by atoms with E-state index >= 15 is 0 Å². The number of hydrogen-bond donors (Lipinski definition) is 2. The Balaban J connectivity index is 2.52. The molecule has 0 atom stereocenters. The van der Waals surface area contributed by atoms with Crippen LogP contribution >= 0.6 is 0 Å². The van der Waals surface area contributed by atoms with Crippen molar-refractivity contribution in [1.82, 2.24) is 10.3 Å². The van der Waals surface area contributed by atoms with Crippen molar-refractivity contribution in [2.75, 3.05) is 13.2 Å². The molecule has 1 rings (SSSR count). The summed E-state index contributed by atoms with van der Waals surface area (Å²) in [6.45, 7) is 4.35. The minimum atomic E-state index is -0.193. The van der Waals surface area contributed by atoms with E-state index in [1.807, 2.05) is 13.8 Å². The zero-order valence-corrected chi connectivity index (χ0v) is 10.1. The van der Waals surface area contributed by atoms with Crippen LogP contribution in [-0.4, -0.2) is 35.3 Å². The second-order valence-electron chi connectivity index (χ2n) is 3.88. The minimum Gasteiger partial charge on any atom is -0.475 e. The van der Waals surface area contributed by atoms with Crippen LogP contribution in [0.1, 0.15) is 30.6 Å². The maximum atomic E-state index is 11.6. The Morgan fingerprint density at radius 3 is 2.82 bits per heavy atom. The number of ether oxygens (including phenoxy) is 1. The Hall–Kier alpha value is -1.62. The van der Waals surface area contributed by atoms with E-state index in [0.717, 1.165) is 0 Å². The summed E-state index contributed by atoms with van der Waals surface area (Å²) >= 11 is 0. The molecule has 0 unspecified atom stereocenters. The van der Waals surface area contributed by atoms with Crippen molar-refractivity contribution in [2.45, 2.75) is 26.4 Å². The van der Waals surface area contributed by atoms with Crippen LogP contribution in [0.3, 0.4) is 0 Å². The number of hydrogen-bond acceptors (Lipinski definition) is 4. The van der Waals surface area contributed by atoms with Crippen molar-refractivity contribution >= 4 is 5.91 Å². The van der Waals surface area contributed by atoms with E-state index in [0.29, 0.717) is 24.4 Å². The average Bonchev–Trinajstić information content (AvgIpc) is 2.29. The molecule has 1 aromatic rings. The molecule has 0 bridgehead atoms. The first-order valence-electron chi connectivity index (χ1n) is 5.65. The molecule has 5 heteroatoms. The van der Waals surface area contributed by atoms with Crippen molar-refractivity contribution in [3.05, 3.63) is 23.9 Å². The zero-order valence-electron chi connectivity index (χ0n) is 10.1. The molecule has 5 nitrogen and oxygen atoms in total. The van der Waals surface area contributed by atoms with Gasteiger partial charge in [0.25, 0.3) is 5.91 Å². The van der Waals surface area contributed by atoms with Crippen molar-refractivity contribution in [3.63, 3.8) is 0 Å². The maximum Gasteiger partial charge on any atom is 0.252 e. The highest BCUT2D eigenvalue weighted by Gasteiger charge is 2.06. The van der Waals surface area contributed by atoms with Crippen LogP contribution in [0, 0.1) is 0 Å². The standard InChI is InChI=1S/C12H18N2O3/c1-9(2)17-11-5-4-10(8-14-11)12(16)13-6-3-7-15/h4-5,8-9,15H,3,6-7H2,1-2H3,(H,13,16). The monoisotopic (exact) mass is 238 g/mol. The van der Waals surface area contributed by atoms with E-state index in [9.17, 15) is 4.79 Å². The third-order valence-electron chi connectivity index (χ3n) is 1.98. The van der Waals surface area contributed by atoms with E-state index in [4.69, 9.17) is 9.84 Å². The van der Waals surface area contributed by atoms with Crippen molar-refractivity contribution in [1.29, 1.82) is 0 Å². The lowest BCUT2D eigenvalue weighted by Crippen LogP contribution is -2.25. The molecule has 0 spiro atoms. The molecule has 94 valence electrons. The highest BCUT2D eigenvalue weighted by atomic mass is 16.5. The van der Waals surface area contributed by atoms with Gasteiger partial charge in [-0.2, -0.15) is 0 Å². The number of carbonyl (C=O) groups excluding carboxylic acids is 1. The fraction of sp³-hybridized carbons (Fsp3) is 0.500. The van der Waals surface area contributed by atoms with Crippen molar-refractivity contribution < 1.29 is 14.6 Å². The Bertz CT molecular complexity index is 349. The lowest BCUT2D eigenvalue weighted by Gasteiger charge is -2.09. The molecule has 1 heterocycles. The largest absolute Gasteiger partial charge is 0.475 e. The second-order valence-corrected chi connectivity index (χ2v) is 3.88. The van der Waals surface area contributed by atoms with Crippen LogP contribution in [0.5, 0.6) is 5.88 Å². The van der Waals surface area contributed by atoms with Gasteiger partial charge in [-0.25, -0.2) is 4.98 Å². The predicted octanol–water partition coefficient (Wildman–Crippen LogP) is 0.981. The lowest BCUT2D eigenvalue weighted by atomic mass is 10.2. The Morgan fingerprint density at radius 2 is 2.29 bits per heavy atom. The molecule has 0 aliphatic carbocycles. The number of nitrogens with zero attached hydrogens (tertiary/aromatic N) is 1. The quantitative estimate of drug-likeness (QED) is 0.725. The third-order valence-corrected chi connectivity index (χ3v) is 1.98. The van der Waals surface area contributed by atoms with E-state index in [1.54, 1.807) is 12.1 Å². The second kappa shape index (κ2) is 6.85. The van der Waals surface area contributed by atoms with Crippen molar-refractivity contribution in [2.24, 2.45) is 0 Å². The summed E-state index contributed by atoms with van der Waals surface area (Å²) in [5, 5.41) is 11.3. The third kappa shape index (κ3) is 4.82. The van der Waals surface area contributed by atoms with E-state index < -0.39 is 0 Å². The number of nitrogens with one attached hydrogen (secondary N) is 1. The summed E-state index contributed by atoms with van der Waals surface area (Å²) in [6, 6.07) is 3.33. The lowest BCUT2D eigenvalue weighted by molar-refractivity contribution is 0.0950. The first kappa shape index (κ1) is 13.4. The average molecular weight is 238 g/mol. The van der Waals surface area contributed by atoms with Crippen LogP contribution in [0.15, 0.2) is 18.3 Å². The highest BCUT2D eigenvalue weighted by Crippen LogP contribution is 2.09. The van der Waals surface area contributed by atoms with Gasteiger partial charge in [0, 0.05) is 25.4 Å². The summed E-state index contributed by atoms with van der Waals surface area (Å²) in [7, 11) is 0. The van der Waals surface area contributed by atoms with Gasteiger partial charge in [0.2, 0.25) is 5.88 Å². The van der Waals surface area contributed by atoms with Gasteiger partial charge in [-0.15, -0.1) is 0 Å². The summed E-state index contributed by atoms with van der Waals surface area (Å²) in [5.74, 6) is 0.314. The van der Waals surface area contributed by atoms with E-state index in [2.05, 4.69) is 10.3 Å². The minimum absolute atomic E-state index is 0.0618. The number of aliphatic hydroxyl groups excluding tert-OH is 1. The molecule has 0 radical (unpaired) electrons. The Kier molecular flexibility index (Phi) is 5.42. The summed E-state index contributed by atoms with van der Waals surface area (Å²) in [5.41, 5.74) is 0.485. The number of rotatable bonds is 6. The van der Waals surface area contributed by atoms with Gasteiger partial charge in [-0.05, 0) is 26.3 Å². The first-order valence-corrected chi connectivity index (χ1v) is 5.65. The van der Waals surface area contributed by atoms with Gasteiger partial charge >= 0.3 is 0 Å². The summed E-state index contributed by atoms with van der Waals surface area (Å²) in [6.07, 6.45) is 2.09. The summed E-state index contributed by atoms with van der Waals surface area (Å²) < 4.78 is 5.37. The molecule has 0 aromatic carbocycles. The zero-order chi connectivity index (χ0) is 12.7. The molecule has 1 aromatic heterocycles. The molecule has 0 aliphatic rings. The topological polar surface area (TPSA) is 71.5 Å². The molecule has 0 fully saturated rings. The molecular weight excluding hydrogens is 220 g/mol. The van der Waals surface area contributed by atoms with Gasteiger partial charge < -0.3 is 15.2 Å². The van der Waals surface area contributed by atoms with Crippen LogP contribution in [-0.2, 0) is 0 Å². The highest BCUT2D eigenvalue weighted by molar-refractivity contribution is 5.93. The fourth-order valence-corrected chi connectivity index (χ4v) is 1.21. The molecule has 0 aliphatic heterocycles. The van der Waals surface area contributed by atoms with E-state index in [1.165, 1.54) is 6.20 Å². The molecule has 0 saturated carbocycles. The predicted molar refractivity (Wildman–Crippen MR) is 64.0 cm³/mol. The van der Waals surface area contributed by atoms with Crippen molar-refractivity contribution in [3.8, 4) is 5.88 Å².